The fraction of sp³-hybridized carbons (Fsp3) is 0.438. The Bertz CT molecular complexity index is 594. The number of nitrogens with two attached hydrogens (primary N) is 1. The van der Waals surface area contributed by atoms with Crippen LogP contribution in [0.15, 0.2) is 18.2 Å². The first-order chi connectivity index (χ1) is 10.0. The van der Waals surface area contributed by atoms with E-state index in [9.17, 15) is 9.18 Å². The summed E-state index contributed by atoms with van der Waals surface area (Å²) < 4.78 is 14.2. The molecule has 0 aliphatic carbocycles. The summed E-state index contributed by atoms with van der Waals surface area (Å²) in [5, 5.41) is 0.362. The fourth-order valence-corrected chi connectivity index (χ4v) is 3.39. The monoisotopic (exact) mass is 306 g/mol. The Morgan fingerprint density at radius 3 is 2.95 bits per heavy atom. The summed E-state index contributed by atoms with van der Waals surface area (Å²) in [5.41, 5.74) is 5.93. The van der Waals surface area contributed by atoms with Gasteiger partial charge in [0.15, 0.2) is 0 Å². The lowest BCUT2D eigenvalue weighted by atomic mass is 10.1. The molecule has 1 saturated heterocycles. The van der Waals surface area contributed by atoms with Crippen molar-refractivity contribution in [2.75, 3.05) is 18.8 Å². The van der Waals surface area contributed by atoms with Gasteiger partial charge in [0.05, 0.1) is 12.1 Å². The van der Waals surface area contributed by atoms with E-state index in [-0.39, 0.29) is 24.1 Å². The molecule has 1 aliphatic heterocycles. The lowest BCUT2D eigenvalue weighted by Crippen LogP contribution is -2.48. The summed E-state index contributed by atoms with van der Waals surface area (Å²) in [4.78, 5) is 14.3. The number of benzene rings is 1. The second kappa shape index (κ2) is 6.97. The van der Waals surface area contributed by atoms with Gasteiger partial charge in [0.25, 0.3) is 5.91 Å². The minimum atomic E-state index is -0.526. The van der Waals surface area contributed by atoms with Gasteiger partial charge in [0, 0.05) is 29.2 Å². The van der Waals surface area contributed by atoms with Crippen LogP contribution in [-0.4, -0.2) is 40.9 Å². The van der Waals surface area contributed by atoms with Crippen LogP contribution in [0.1, 0.15) is 29.8 Å². The van der Waals surface area contributed by atoms with Crippen molar-refractivity contribution in [3.05, 3.63) is 35.1 Å². The zero-order valence-electron chi connectivity index (χ0n) is 12.2. The molecular weight excluding hydrogens is 287 g/mol. The smallest absolute Gasteiger partial charge is 0.257 e. The molecule has 2 rings (SSSR count). The number of thioether (sulfide) groups is 1. The molecule has 1 amide bonds. The minimum absolute atomic E-state index is 0.104. The lowest BCUT2D eigenvalue weighted by Gasteiger charge is -2.37. The molecule has 5 heteroatoms. The van der Waals surface area contributed by atoms with Crippen molar-refractivity contribution >= 4 is 17.7 Å². The average Bonchev–Trinajstić information content (AvgIpc) is 2.47. The lowest BCUT2D eigenvalue weighted by molar-refractivity contribution is 0.0693. The van der Waals surface area contributed by atoms with Gasteiger partial charge in [-0.2, -0.15) is 11.8 Å². The van der Waals surface area contributed by atoms with E-state index < -0.39 is 5.82 Å². The molecule has 0 bridgehead atoms. The third-order valence-electron chi connectivity index (χ3n) is 3.68. The molecule has 1 aromatic carbocycles. The molecule has 1 aromatic rings. The van der Waals surface area contributed by atoms with Gasteiger partial charge in [-0.05, 0) is 25.1 Å². The maximum absolute atomic E-state index is 14.2. The van der Waals surface area contributed by atoms with Crippen LogP contribution in [0, 0.1) is 17.7 Å². The van der Waals surface area contributed by atoms with E-state index in [0.717, 1.165) is 5.75 Å². The topological polar surface area (TPSA) is 46.3 Å². The predicted molar refractivity (Wildman–Crippen MR) is 84.8 cm³/mol. The highest BCUT2D eigenvalue weighted by Gasteiger charge is 2.30. The van der Waals surface area contributed by atoms with Crippen LogP contribution in [0.4, 0.5) is 4.39 Å². The maximum atomic E-state index is 14.2. The standard InChI is InChI=1S/C16H19FN2OS/c1-11-12(2)21-9-8-19(11)16(20)14-6-5-13(4-3-7-18)10-15(14)17/h5-6,10-12H,7-9,18H2,1-2H3. The number of amides is 1. The van der Waals surface area contributed by atoms with E-state index >= 15 is 0 Å². The maximum Gasteiger partial charge on any atom is 0.257 e. The molecule has 2 N–H and O–H groups in total. The second-order valence-electron chi connectivity index (χ2n) is 5.02. The molecular formula is C16H19FN2OS. The molecule has 1 fully saturated rings. The Morgan fingerprint density at radius 2 is 2.29 bits per heavy atom. The molecule has 0 spiro atoms. The zero-order valence-corrected chi connectivity index (χ0v) is 13.0. The van der Waals surface area contributed by atoms with Gasteiger partial charge in [-0.15, -0.1) is 0 Å². The molecule has 2 atom stereocenters. The van der Waals surface area contributed by atoms with Gasteiger partial charge in [0.2, 0.25) is 0 Å². The minimum Gasteiger partial charge on any atom is -0.334 e. The number of carbonyl (C=O) groups excluding carboxylic acids is 1. The van der Waals surface area contributed by atoms with E-state index in [1.165, 1.54) is 12.1 Å². The first-order valence-electron chi connectivity index (χ1n) is 6.95. The van der Waals surface area contributed by atoms with Crippen molar-refractivity contribution in [2.45, 2.75) is 25.1 Å². The average molecular weight is 306 g/mol. The van der Waals surface area contributed by atoms with Crippen LogP contribution in [0.25, 0.3) is 0 Å². The van der Waals surface area contributed by atoms with E-state index in [4.69, 9.17) is 5.73 Å². The highest BCUT2D eigenvalue weighted by atomic mass is 32.2. The Morgan fingerprint density at radius 1 is 1.52 bits per heavy atom. The summed E-state index contributed by atoms with van der Waals surface area (Å²) in [6, 6.07) is 4.57. The normalized spacial score (nSPS) is 21.6. The van der Waals surface area contributed by atoms with Crippen molar-refractivity contribution < 1.29 is 9.18 Å². The van der Waals surface area contributed by atoms with Crippen LogP contribution >= 0.6 is 11.8 Å². The summed E-state index contributed by atoms with van der Waals surface area (Å²) >= 11 is 1.84. The molecule has 112 valence electrons. The quantitative estimate of drug-likeness (QED) is 0.808. The van der Waals surface area contributed by atoms with Crippen molar-refractivity contribution in [3.8, 4) is 11.8 Å². The summed E-state index contributed by atoms with van der Waals surface area (Å²) in [6.45, 7) is 4.98. The van der Waals surface area contributed by atoms with Gasteiger partial charge < -0.3 is 10.6 Å². The van der Waals surface area contributed by atoms with E-state index in [2.05, 4.69) is 18.8 Å². The number of rotatable bonds is 1. The fourth-order valence-electron chi connectivity index (χ4n) is 2.29. The number of hydrogen-bond donors (Lipinski definition) is 1. The summed E-state index contributed by atoms with van der Waals surface area (Å²) in [5.74, 6) is 5.55. The molecule has 1 aliphatic rings. The third-order valence-corrected chi connectivity index (χ3v) is 5.02. The van der Waals surface area contributed by atoms with E-state index in [1.807, 2.05) is 18.7 Å². The molecule has 21 heavy (non-hydrogen) atoms. The SMILES string of the molecule is CC1SCCN(C(=O)c2ccc(C#CCN)cc2F)C1C. The zero-order chi connectivity index (χ0) is 15.4. The largest absolute Gasteiger partial charge is 0.334 e. The van der Waals surface area contributed by atoms with Crippen LogP contribution in [0.2, 0.25) is 0 Å². The summed E-state index contributed by atoms with van der Waals surface area (Å²) in [7, 11) is 0. The van der Waals surface area contributed by atoms with Gasteiger partial charge in [0.1, 0.15) is 5.82 Å². The molecule has 0 aromatic heterocycles. The van der Waals surface area contributed by atoms with Crippen LogP contribution in [-0.2, 0) is 0 Å². The van der Waals surface area contributed by atoms with E-state index in [1.54, 1.807) is 11.0 Å². The van der Waals surface area contributed by atoms with Crippen molar-refractivity contribution in [3.63, 3.8) is 0 Å². The Hall–Kier alpha value is -1.51. The van der Waals surface area contributed by atoms with E-state index in [0.29, 0.717) is 17.4 Å². The van der Waals surface area contributed by atoms with Gasteiger partial charge in [-0.25, -0.2) is 4.39 Å². The number of halogens is 1. The second-order valence-corrected chi connectivity index (χ2v) is 6.50. The van der Waals surface area contributed by atoms with Crippen molar-refractivity contribution in [1.29, 1.82) is 0 Å². The Kier molecular flexibility index (Phi) is 5.27. The number of hydrogen-bond acceptors (Lipinski definition) is 3. The van der Waals surface area contributed by atoms with Gasteiger partial charge in [-0.1, -0.05) is 18.8 Å². The van der Waals surface area contributed by atoms with Crippen LogP contribution in [0.5, 0.6) is 0 Å². The number of nitrogens with zero attached hydrogens (tertiary/aromatic N) is 1. The Labute approximate surface area is 129 Å². The molecule has 0 radical (unpaired) electrons. The molecule has 2 unspecified atom stereocenters. The molecule has 0 saturated carbocycles. The van der Waals surface area contributed by atoms with Gasteiger partial charge in [-0.3, -0.25) is 4.79 Å². The highest BCUT2D eigenvalue weighted by Crippen LogP contribution is 2.26. The van der Waals surface area contributed by atoms with Crippen molar-refractivity contribution in [2.24, 2.45) is 5.73 Å². The predicted octanol–water partition coefficient (Wildman–Crippen LogP) is 2.10. The van der Waals surface area contributed by atoms with Gasteiger partial charge >= 0.3 is 0 Å². The van der Waals surface area contributed by atoms with Crippen molar-refractivity contribution in [1.82, 2.24) is 4.90 Å². The first-order valence-corrected chi connectivity index (χ1v) is 8.00. The Balaban J connectivity index is 2.23. The third kappa shape index (κ3) is 3.58. The summed E-state index contributed by atoms with van der Waals surface area (Å²) in [6.07, 6.45) is 0. The molecule has 1 heterocycles. The first kappa shape index (κ1) is 15.9. The number of carbonyl (C=O) groups is 1. The highest BCUT2D eigenvalue weighted by molar-refractivity contribution is 8.00. The molecule has 3 nitrogen and oxygen atoms in total. The van der Waals surface area contributed by atoms with Crippen LogP contribution in [0.3, 0.4) is 0 Å². The van der Waals surface area contributed by atoms with Crippen LogP contribution < -0.4 is 5.73 Å².